The number of nitrogens with zero attached hydrogens (tertiary/aromatic N) is 5. The first kappa shape index (κ1) is 22.8. The van der Waals surface area contributed by atoms with Crippen molar-refractivity contribution in [1.29, 1.82) is 5.26 Å². The fourth-order valence-corrected chi connectivity index (χ4v) is 3.57. The Balaban J connectivity index is 0.00000300. The van der Waals surface area contributed by atoms with Gasteiger partial charge < -0.3 is 4.90 Å². The zero-order valence-electron chi connectivity index (χ0n) is 16.9. The van der Waals surface area contributed by atoms with Gasteiger partial charge in [-0.05, 0) is 25.6 Å². The van der Waals surface area contributed by atoms with E-state index in [9.17, 15) is 10.1 Å². The number of carbonyl (C=O) groups is 1. The van der Waals surface area contributed by atoms with Gasteiger partial charge in [0.05, 0.1) is 12.6 Å². The summed E-state index contributed by atoms with van der Waals surface area (Å²) in [5, 5.41) is 9.59. The lowest BCUT2D eigenvalue weighted by Crippen LogP contribution is -2.51. The Hall–Kier alpha value is -2.46. The van der Waals surface area contributed by atoms with Crippen LogP contribution in [0.5, 0.6) is 0 Å². The molecule has 7 heteroatoms. The van der Waals surface area contributed by atoms with Crippen molar-refractivity contribution in [3.8, 4) is 6.07 Å². The maximum atomic E-state index is 12.8. The minimum Gasteiger partial charge on any atom is -0.339 e. The second-order valence-corrected chi connectivity index (χ2v) is 7.24. The molecular weight excluding hydrogens is 386 g/mol. The highest BCUT2D eigenvalue weighted by Crippen LogP contribution is 2.21. The van der Waals surface area contributed by atoms with E-state index in [1.54, 1.807) is 12.4 Å². The summed E-state index contributed by atoms with van der Waals surface area (Å²) < 4.78 is 0. The molecule has 1 fully saturated rings. The Morgan fingerprint density at radius 1 is 1.14 bits per heavy atom. The average molecular weight is 414 g/mol. The summed E-state index contributed by atoms with van der Waals surface area (Å²) in [5.41, 5.74) is 2.11. The van der Waals surface area contributed by atoms with Crippen LogP contribution in [0.15, 0.2) is 54.9 Å². The number of carbonyl (C=O) groups excluding carboxylic acids is 1. The molecule has 2 aromatic rings. The number of halogens is 1. The van der Waals surface area contributed by atoms with Crippen LogP contribution in [0.4, 0.5) is 0 Å². The van der Waals surface area contributed by atoms with Crippen molar-refractivity contribution in [2.24, 2.45) is 0 Å². The van der Waals surface area contributed by atoms with E-state index in [4.69, 9.17) is 0 Å². The molecule has 1 aromatic heterocycles. The number of hydrogen-bond acceptors (Lipinski definition) is 5. The van der Waals surface area contributed by atoms with Crippen LogP contribution in [0, 0.1) is 11.3 Å². The van der Waals surface area contributed by atoms with E-state index in [0.717, 1.165) is 5.56 Å². The molecule has 29 heavy (non-hydrogen) atoms. The van der Waals surface area contributed by atoms with Gasteiger partial charge in [0, 0.05) is 50.2 Å². The van der Waals surface area contributed by atoms with Crippen LogP contribution in [0.3, 0.4) is 0 Å². The lowest BCUT2D eigenvalue weighted by Gasteiger charge is -2.38. The van der Waals surface area contributed by atoms with E-state index in [0.29, 0.717) is 32.7 Å². The summed E-state index contributed by atoms with van der Waals surface area (Å²) in [6.45, 7) is 5.18. The Labute approximate surface area is 179 Å². The van der Waals surface area contributed by atoms with Crippen molar-refractivity contribution in [2.45, 2.75) is 19.0 Å². The number of piperazine rings is 1. The summed E-state index contributed by atoms with van der Waals surface area (Å²) in [6.07, 6.45) is 3.45. The monoisotopic (exact) mass is 413 g/mol. The third-order valence-corrected chi connectivity index (χ3v) is 5.48. The standard InChI is InChI=1S/C22H27N5O.ClH/c1-18(19-7-4-3-5-8-19)25(2)17-22(28)27-13-11-26(12-14-27)21(15-23)20-9-6-10-24-16-20;/h3-10,16,18,21H,11-14,17H2,1-2H3;1H. The fourth-order valence-electron chi connectivity index (χ4n) is 3.57. The average Bonchev–Trinajstić information content (AvgIpc) is 2.75. The van der Waals surface area contributed by atoms with Gasteiger partial charge in [-0.3, -0.25) is 19.6 Å². The van der Waals surface area contributed by atoms with Gasteiger partial charge in [0.25, 0.3) is 0 Å². The van der Waals surface area contributed by atoms with Crippen LogP contribution in [-0.2, 0) is 4.79 Å². The van der Waals surface area contributed by atoms with E-state index >= 15 is 0 Å². The van der Waals surface area contributed by atoms with Crippen LogP contribution in [0.1, 0.15) is 30.1 Å². The van der Waals surface area contributed by atoms with Crippen molar-refractivity contribution < 1.29 is 4.79 Å². The minimum absolute atomic E-state index is 0. The number of nitriles is 1. The molecule has 1 aliphatic rings. The maximum absolute atomic E-state index is 12.8. The molecule has 1 amide bonds. The largest absolute Gasteiger partial charge is 0.339 e. The predicted molar refractivity (Wildman–Crippen MR) is 115 cm³/mol. The number of aromatic nitrogens is 1. The van der Waals surface area contributed by atoms with Crippen molar-refractivity contribution in [2.75, 3.05) is 39.8 Å². The zero-order valence-corrected chi connectivity index (χ0v) is 17.8. The summed E-state index contributed by atoms with van der Waals surface area (Å²) >= 11 is 0. The van der Waals surface area contributed by atoms with Crippen LogP contribution < -0.4 is 0 Å². The first-order chi connectivity index (χ1) is 13.6. The van der Waals surface area contributed by atoms with Crippen LogP contribution in [0.25, 0.3) is 0 Å². The Morgan fingerprint density at radius 3 is 2.38 bits per heavy atom. The van der Waals surface area contributed by atoms with Crippen LogP contribution >= 0.6 is 12.4 Å². The van der Waals surface area contributed by atoms with E-state index in [-0.39, 0.29) is 30.4 Å². The molecule has 2 heterocycles. The molecule has 2 unspecified atom stereocenters. The molecular formula is C22H28ClN5O. The van der Waals surface area contributed by atoms with E-state index < -0.39 is 0 Å². The summed E-state index contributed by atoms with van der Waals surface area (Å²) in [5.74, 6) is 0.139. The third kappa shape index (κ3) is 5.77. The highest BCUT2D eigenvalue weighted by Gasteiger charge is 2.28. The van der Waals surface area contributed by atoms with Gasteiger partial charge in [0.15, 0.2) is 0 Å². The maximum Gasteiger partial charge on any atom is 0.236 e. The number of benzene rings is 1. The lowest BCUT2D eigenvalue weighted by atomic mass is 10.1. The molecule has 154 valence electrons. The topological polar surface area (TPSA) is 63.5 Å². The lowest BCUT2D eigenvalue weighted by molar-refractivity contribution is -0.134. The number of hydrogen-bond donors (Lipinski definition) is 0. The van der Waals surface area contributed by atoms with Crippen molar-refractivity contribution in [3.05, 3.63) is 66.0 Å². The molecule has 3 rings (SSSR count). The molecule has 6 nitrogen and oxygen atoms in total. The zero-order chi connectivity index (χ0) is 19.9. The molecule has 2 atom stereocenters. The summed E-state index contributed by atoms with van der Waals surface area (Å²) in [6, 6.07) is 16.2. The van der Waals surface area contributed by atoms with E-state index in [1.165, 1.54) is 5.56 Å². The quantitative estimate of drug-likeness (QED) is 0.728. The van der Waals surface area contributed by atoms with Gasteiger partial charge in [-0.2, -0.15) is 5.26 Å². The van der Waals surface area contributed by atoms with Crippen molar-refractivity contribution >= 4 is 18.3 Å². The van der Waals surface area contributed by atoms with Crippen LogP contribution in [0.2, 0.25) is 0 Å². The molecule has 0 radical (unpaired) electrons. The van der Waals surface area contributed by atoms with Gasteiger partial charge in [0.1, 0.15) is 6.04 Å². The molecule has 0 aliphatic carbocycles. The number of rotatable bonds is 6. The second kappa shape index (κ2) is 10.9. The molecule has 0 N–H and O–H groups in total. The molecule has 1 aliphatic heterocycles. The Morgan fingerprint density at radius 2 is 1.79 bits per heavy atom. The van der Waals surface area contributed by atoms with E-state index in [2.05, 4.69) is 39.9 Å². The van der Waals surface area contributed by atoms with Gasteiger partial charge in [-0.25, -0.2) is 0 Å². The van der Waals surface area contributed by atoms with Crippen molar-refractivity contribution in [1.82, 2.24) is 19.7 Å². The highest BCUT2D eigenvalue weighted by atomic mass is 35.5. The highest BCUT2D eigenvalue weighted by molar-refractivity contribution is 5.85. The number of likely N-dealkylation sites (N-methyl/N-ethyl adjacent to an activating group) is 1. The van der Waals surface area contributed by atoms with Crippen LogP contribution in [-0.4, -0.2) is 65.4 Å². The number of pyridine rings is 1. The molecule has 0 bridgehead atoms. The van der Waals surface area contributed by atoms with Gasteiger partial charge in [-0.15, -0.1) is 12.4 Å². The second-order valence-electron chi connectivity index (χ2n) is 7.24. The third-order valence-electron chi connectivity index (χ3n) is 5.48. The van der Waals surface area contributed by atoms with Gasteiger partial charge in [0.2, 0.25) is 5.91 Å². The first-order valence-electron chi connectivity index (χ1n) is 9.66. The normalized spacial score (nSPS) is 16.6. The summed E-state index contributed by atoms with van der Waals surface area (Å²) in [7, 11) is 1.99. The predicted octanol–water partition coefficient (Wildman–Crippen LogP) is 2.91. The summed E-state index contributed by atoms with van der Waals surface area (Å²) in [4.78, 5) is 23.0. The number of amides is 1. The SMILES string of the molecule is CC(c1ccccc1)N(C)CC(=O)N1CCN(C(C#N)c2cccnc2)CC1.Cl. The molecule has 1 aromatic carbocycles. The minimum atomic E-state index is -0.313. The fraction of sp³-hybridized carbons (Fsp3) is 0.409. The Kier molecular flexibility index (Phi) is 8.59. The molecule has 0 spiro atoms. The van der Waals surface area contributed by atoms with E-state index in [1.807, 2.05) is 42.3 Å². The Bertz CT molecular complexity index is 803. The van der Waals surface area contributed by atoms with Gasteiger partial charge >= 0.3 is 0 Å². The first-order valence-corrected chi connectivity index (χ1v) is 9.66. The molecule has 1 saturated heterocycles. The molecule has 0 saturated carbocycles. The smallest absolute Gasteiger partial charge is 0.236 e. The van der Waals surface area contributed by atoms with Gasteiger partial charge in [-0.1, -0.05) is 36.4 Å². The van der Waals surface area contributed by atoms with Crippen molar-refractivity contribution in [3.63, 3.8) is 0 Å².